The topological polar surface area (TPSA) is 83.6 Å². The third kappa shape index (κ3) is 3.52. The number of urea groups is 1. The molecule has 146 valence electrons. The number of methoxy groups -OCH3 is 1. The number of aromatic nitrogens is 1. The lowest BCUT2D eigenvalue weighted by atomic mass is 10.1. The number of rotatable bonds is 4. The van der Waals surface area contributed by atoms with Crippen molar-refractivity contribution in [3.63, 3.8) is 0 Å². The van der Waals surface area contributed by atoms with Crippen LogP contribution in [0.1, 0.15) is 28.8 Å². The van der Waals surface area contributed by atoms with Gasteiger partial charge in [-0.25, -0.2) is 4.79 Å². The lowest BCUT2D eigenvalue weighted by Crippen LogP contribution is -2.53. The molecular formula is C21H24N4O3. The molecule has 2 aliphatic rings. The fourth-order valence-electron chi connectivity index (χ4n) is 4.27. The number of ether oxygens (including phenoxy) is 1. The first-order valence-corrected chi connectivity index (χ1v) is 9.48. The van der Waals surface area contributed by atoms with Gasteiger partial charge in [0.2, 0.25) is 0 Å². The van der Waals surface area contributed by atoms with Crippen molar-refractivity contribution < 1.29 is 14.3 Å². The van der Waals surface area contributed by atoms with Gasteiger partial charge in [-0.3, -0.25) is 9.78 Å². The first kappa shape index (κ1) is 18.3. The van der Waals surface area contributed by atoms with Gasteiger partial charge in [0.1, 0.15) is 5.75 Å². The van der Waals surface area contributed by atoms with Gasteiger partial charge < -0.3 is 20.3 Å². The minimum atomic E-state index is -0.156. The molecule has 7 heteroatoms. The quantitative estimate of drug-likeness (QED) is 0.854. The Labute approximate surface area is 164 Å². The summed E-state index contributed by atoms with van der Waals surface area (Å²) in [6, 6.07) is 8.96. The molecule has 1 saturated heterocycles. The van der Waals surface area contributed by atoms with Gasteiger partial charge in [-0.1, -0.05) is 6.07 Å². The Morgan fingerprint density at radius 2 is 2.11 bits per heavy atom. The summed E-state index contributed by atoms with van der Waals surface area (Å²) in [6.07, 6.45) is 5.00. The maximum Gasteiger partial charge on any atom is 0.322 e. The zero-order chi connectivity index (χ0) is 19.7. The molecule has 2 bridgehead atoms. The Bertz CT molecular complexity index is 886. The zero-order valence-corrected chi connectivity index (χ0v) is 16.0. The number of likely N-dealkylation sites (tertiary alicyclic amines) is 1. The monoisotopic (exact) mass is 380 g/mol. The second-order valence-corrected chi connectivity index (χ2v) is 7.51. The molecule has 2 aromatic rings. The molecule has 4 rings (SSSR count). The fraction of sp³-hybridized carbons (Fsp3) is 0.381. The third-order valence-corrected chi connectivity index (χ3v) is 5.58. The molecule has 2 heterocycles. The molecule has 3 atom stereocenters. The summed E-state index contributed by atoms with van der Waals surface area (Å²) in [5.41, 5.74) is 2.23. The normalized spacial score (nSPS) is 22.8. The predicted octanol–water partition coefficient (Wildman–Crippen LogP) is 2.82. The van der Waals surface area contributed by atoms with Crippen LogP contribution in [0.4, 0.5) is 10.5 Å². The number of piperidine rings is 1. The smallest absolute Gasteiger partial charge is 0.322 e. The van der Waals surface area contributed by atoms with Crippen LogP contribution in [0.15, 0.2) is 42.7 Å². The van der Waals surface area contributed by atoms with E-state index in [0.717, 1.165) is 18.4 Å². The van der Waals surface area contributed by atoms with Crippen LogP contribution in [0, 0.1) is 12.8 Å². The lowest BCUT2D eigenvalue weighted by Gasteiger charge is -2.33. The second-order valence-electron chi connectivity index (χ2n) is 7.51. The van der Waals surface area contributed by atoms with Crippen molar-refractivity contribution in [1.82, 2.24) is 15.2 Å². The standard InChI is InChI=1S/C21H24N4O3/c1-13-5-6-19(28-2)17(8-13)24-21(27)25-12-14-9-16(18(25)10-14)23-20(26)15-4-3-7-22-11-15/h3-8,11,14,16,18H,9-10,12H2,1-2H3,(H,23,26)(H,24,27)/t14-,16+,18-/m1/s1. The van der Waals surface area contributed by atoms with E-state index in [4.69, 9.17) is 4.74 Å². The van der Waals surface area contributed by atoms with Gasteiger partial charge >= 0.3 is 6.03 Å². The molecule has 7 nitrogen and oxygen atoms in total. The highest BCUT2D eigenvalue weighted by Gasteiger charge is 2.47. The highest BCUT2D eigenvalue weighted by Crippen LogP contribution is 2.38. The van der Waals surface area contributed by atoms with E-state index in [1.165, 1.54) is 0 Å². The summed E-state index contributed by atoms with van der Waals surface area (Å²) in [4.78, 5) is 31.2. The minimum absolute atomic E-state index is 0.00132. The van der Waals surface area contributed by atoms with Crippen LogP contribution in [0.25, 0.3) is 0 Å². The number of aryl methyl sites for hydroxylation is 1. The van der Waals surface area contributed by atoms with Gasteiger partial charge in [-0.2, -0.15) is 0 Å². The fourth-order valence-corrected chi connectivity index (χ4v) is 4.27. The number of pyridine rings is 1. The van der Waals surface area contributed by atoms with Crippen molar-refractivity contribution in [2.24, 2.45) is 5.92 Å². The van der Waals surface area contributed by atoms with E-state index in [1.807, 2.05) is 30.0 Å². The molecule has 1 aliphatic carbocycles. The number of fused-ring (bicyclic) bond motifs is 2. The largest absolute Gasteiger partial charge is 0.495 e. The van der Waals surface area contributed by atoms with E-state index in [-0.39, 0.29) is 24.0 Å². The number of carbonyl (C=O) groups excluding carboxylic acids is 2. The Hall–Kier alpha value is -3.09. The molecule has 2 N–H and O–H groups in total. The molecule has 28 heavy (non-hydrogen) atoms. The molecule has 1 aromatic carbocycles. The van der Waals surface area contributed by atoms with Crippen molar-refractivity contribution in [3.05, 3.63) is 53.9 Å². The molecule has 3 amide bonds. The molecule has 0 unspecified atom stereocenters. The molecule has 1 aromatic heterocycles. The van der Waals surface area contributed by atoms with Gasteiger partial charge in [0, 0.05) is 25.0 Å². The number of hydrogen-bond donors (Lipinski definition) is 2. The van der Waals surface area contributed by atoms with E-state index in [9.17, 15) is 9.59 Å². The van der Waals surface area contributed by atoms with Gasteiger partial charge in [-0.05, 0) is 55.5 Å². The van der Waals surface area contributed by atoms with Crippen LogP contribution < -0.4 is 15.4 Å². The molecule has 0 spiro atoms. The first-order chi connectivity index (χ1) is 13.5. The molecule has 1 saturated carbocycles. The van der Waals surface area contributed by atoms with Crippen LogP contribution in [0.5, 0.6) is 5.75 Å². The van der Waals surface area contributed by atoms with E-state index in [2.05, 4.69) is 15.6 Å². The van der Waals surface area contributed by atoms with Crippen LogP contribution in [-0.4, -0.2) is 47.6 Å². The van der Waals surface area contributed by atoms with Gasteiger partial charge in [0.05, 0.1) is 24.4 Å². The van der Waals surface area contributed by atoms with E-state index >= 15 is 0 Å². The van der Waals surface area contributed by atoms with Gasteiger partial charge in [0.25, 0.3) is 5.91 Å². The maximum atomic E-state index is 12.9. The summed E-state index contributed by atoms with van der Waals surface area (Å²) in [6.45, 7) is 2.68. The highest BCUT2D eigenvalue weighted by molar-refractivity contribution is 5.94. The van der Waals surface area contributed by atoms with Crippen molar-refractivity contribution in [2.75, 3.05) is 19.0 Å². The summed E-state index contributed by atoms with van der Waals surface area (Å²) in [5, 5.41) is 6.06. The molecule has 2 fully saturated rings. The average molecular weight is 380 g/mol. The summed E-state index contributed by atoms with van der Waals surface area (Å²) >= 11 is 0. The number of carbonyl (C=O) groups is 2. The van der Waals surface area contributed by atoms with Crippen molar-refractivity contribution >= 4 is 17.6 Å². The number of nitrogens with zero attached hydrogens (tertiary/aromatic N) is 2. The van der Waals surface area contributed by atoms with Gasteiger partial charge in [-0.15, -0.1) is 0 Å². The third-order valence-electron chi connectivity index (χ3n) is 5.58. The number of benzene rings is 1. The SMILES string of the molecule is COc1ccc(C)cc1NC(=O)N1C[C@@H]2C[C@H](NC(=O)c3cccnc3)[C@H]1C2. The summed E-state index contributed by atoms with van der Waals surface area (Å²) in [5.74, 6) is 0.894. The lowest BCUT2D eigenvalue weighted by molar-refractivity contribution is 0.0905. The van der Waals surface area contributed by atoms with Crippen molar-refractivity contribution in [3.8, 4) is 5.75 Å². The zero-order valence-electron chi connectivity index (χ0n) is 16.0. The Morgan fingerprint density at radius 3 is 2.82 bits per heavy atom. The van der Waals surface area contributed by atoms with Crippen molar-refractivity contribution in [1.29, 1.82) is 0 Å². The Kier molecular flexibility index (Phi) is 4.90. The summed E-state index contributed by atoms with van der Waals surface area (Å²) < 4.78 is 5.35. The van der Waals surface area contributed by atoms with Crippen LogP contribution >= 0.6 is 0 Å². The second kappa shape index (κ2) is 7.50. The number of amides is 3. The predicted molar refractivity (Wildman–Crippen MR) is 105 cm³/mol. The van der Waals surface area contributed by atoms with Crippen LogP contribution in [0.3, 0.4) is 0 Å². The Balaban J connectivity index is 1.44. The van der Waals surface area contributed by atoms with E-state index in [1.54, 1.807) is 31.6 Å². The van der Waals surface area contributed by atoms with E-state index < -0.39 is 0 Å². The molecule has 0 radical (unpaired) electrons. The first-order valence-electron chi connectivity index (χ1n) is 9.48. The highest BCUT2D eigenvalue weighted by atomic mass is 16.5. The van der Waals surface area contributed by atoms with Crippen LogP contribution in [-0.2, 0) is 0 Å². The Morgan fingerprint density at radius 1 is 1.25 bits per heavy atom. The molecule has 1 aliphatic heterocycles. The van der Waals surface area contributed by atoms with E-state index in [0.29, 0.717) is 29.5 Å². The van der Waals surface area contributed by atoms with Crippen molar-refractivity contribution in [2.45, 2.75) is 31.8 Å². The minimum Gasteiger partial charge on any atom is -0.495 e. The summed E-state index contributed by atoms with van der Waals surface area (Å²) in [7, 11) is 1.59. The van der Waals surface area contributed by atoms with Crippen LogP contribution in [0.2, 0.25) is 0 Å². The molecular weight excluding hydrogens is 356 g/mol. The number of anilines is 1. The maximum absolute atomic E-state index is 12.9. The average Bonchev–Trinajstić information content (AvgIpc) is 3.29. The number of nitrogens with one attached hydrogen (secondary N) is 2. The number of hydrogen-bond acceptors (Lipinski definition) is 4. The van der Waals surface area contributed by atoms with Gasteiger partial charge in [0.15, 0.2) is 0 Å².